The number of amides is 3. The van der Waals surface area contributed by atoms with Gasteiger partial charge in [-0.25, -0.2) is 0 Å². The molecule has 4 rings (SSSR count). The molecule has 1 aliphatic rings. The lowest BCUT2D eigenvalue weighted by molar-refractivity contribution is -0.115. The second kappa shape index (κ2) is 7.27. The van der Waals surface area contributed by atoms with E-state index in [1.54, 1.807) is 30.5 Å². The molecule has 1 N–H and O–H groups in total. The van der Waals surface area contributed by atoms with Gasteiger partial charge in [-0.05, 0) is 48.4 Å². The van der Waals surface area contributed by atoms with Crippen LogP contribution in [-0.2, 0) is 11.2 Å². The van der Waals surface area contributed by atoms with Crippen LogP contribution in [0, 0.1) is 6.92 Å². The van der Waals surface area contributed by atoms with E-state index in [1.165, 1.54) is 7.05 Å². The van der Waals surface area contributed by atoms with Gasteiger partial charge >= 0.3 is 0 Å². The minimum atomic E-state index is -0.374. The van der Waals surface area contributed by atoms with Crippen molar-refractivity contribution in [3.8, 4) is 11.3 Å². The summed E-state index contributed by atoms with van der Waals surface area (Å²) < 4.78 is 0. The number of anilines is 1. The molecule has 3 aromatic rings. The normalized spacial score (nSPS) is 12.8. The van der Waals surface area contributed by atoms with Gasteiger partial charge in [-0.1, -0.05) is 18.2 Å². The summed E-state index contributed by atoms with van der Waals surface area (Å²) in [5.41, 5.74) is 4.32. The number of aryl methyl sites for hydroxylation is 1. The third-order valence-corrected chi connectivity index (χ3v) is 4.81. The first-order valence-electron chi connectivity index (χ1n) is 9.08. The number of hydrogen-bond acceptors (Lipinski definition) is 5. The van der Waals surface area contributed by atoms with Crippen molar-refractivity contribution >= 4 is 23.4 Å². The van der Waals surface area contributed by atoms with Crippen LogP contribution in [0.2, 0.25) is 0 Å². The molecule has 0 saturated heterocycles. The Morgan fingerprint density at radius 2 is 1.86 bits per heavy atom. The number of nitrogens with one attached hydrogen (secondary N) is 1. The number of carbonyl (C=O) groups excluding carboxylic acids is 3. The summed E-state index contributed by atoms with van der Waals surface area (Å²) in [6, 6.07) is 14.4. The third-order valence-electron chi connectivity index (χ3n) is 4.81. The summed E-state index contributed by atoms with van der Waals surface area (Å²) in [6.07, 6.45) is 1.61. The molecular formula is C22H20N4O3. The summed E-state index contributed by atoms with van der Waals surface area (Å²) in [4.78, 5) is 38.3. The lowest BCUT2D eigenvalue weighted by atomic mass is 9.97. The quantitative estimate of drug-likeness (QED) is 0.694. The molecule has 146 valence electrons. The van der Waals surface area contributed by atoms with E-state index in [1.807, 2.05) is 31.2 Å². The van der Waals surface area contributed by atoms with Crippen LogP contribution in [0.1, 0.15) is 33.3 Å². The molecule has 29 heavy (non-hydrogen) atoms. The number of rotatable bonds is 4. The molecule has 0 aliphatic carbocycles. The Balaban J connectivity index is 0.00000256. The predicted octanol–water partition coefficient (Wildman–Crippen LogP) is 3.11. The molecule has 0 unspecified atom stereocenters. The lowest BCUT2D eigenvalue weighted by Crippen LogP contribution is -2.24. The summed E-state index contributed by atoms with van der Waals surface area (Å²) in [7, 11) is 1.45. The second-order valence-electron chi connectivity index (χ2n) is 6.93. The molecule has 7 nitrogen and oxygen atoms in total. The first-order valence-corrected chi connectivity index (χ1v) is 9.08. The van der Waals surface area contributed by atoms with Gasteiger partial charge in [0.1, 0.15) is 0 Å². The van der Waals surface area contributed by atoms with Crippen LogP contribution in [0.5, 0.6) is 0 Å². The highest BCUT2D eigenvalue weighted by Gasteiger charge is 2.35. The number of imide groups is 1. The topological polar surface area (TPSA) is 92.3 Å². The molecule has 1 aliphatic heterocycles. The first-order chi connectivity index (χ1) is 13.9. The van der Waals surface area contributed by atoms with Crippen LogP contribution in [-0.4, -0.2) is 39.9 Å². The number of benzene rings is 2. The van der Waals surface area contributed by atoms with Gasteiger partial charge in [0.25, 0.3) is 11.8 Å². The van der Waals surface area contributed by atoms with E-state index in [4.69, 9.17) is 0 Å². The Hall–Kier alpha value is -3.87. The van der Waals surface area contributed by atoms with Crippen LogP contribution in [0.25, 0.3) is 11.3 Å². The van der Waals surface area contributed by atoms with Crippen molar-refractivity contribution in [2.75, 3.05) is 12.4 Å². The number of fused-ring (bicyclic) bond motifs is 1. The highest BCUT2D eigenvalue weighted by molar-refractivity contribution is 6.22. The predicted molar refractivity (Wildman–Crippen MR) is 110 cm³/mol. The standard InChI is InChI=1S/C22H18N4O3.H2/c1-13-10-15(20-17(11-13)21(28)26(2)22(20)29)12-19(27)24-16-7-5-14(6-8-16)18-4-3-9-23-25-18;/h3-11H,12H2,1-2H3,(H,24,27);1H. The number of carbonyl (C=O) groups is 3. The van der Waals surface area contributed by atoms with Gasteiger partial charge < -0.3 is 5.32 Å². The van der Waals surface area contributed by atoms with Gasteiger partial charge in [0.2, 0.25) is 5.91 Å². The zero-order chi connectivity index (χ0) is 20.5. The van der Waals surface area contributed by atoms with Crippen molar-refractivity contribution in [1.82, 2.24) is 15.1 Å². The molecule has 2 aromatic carbocycles. The van der Waals surface area contributed by atoms with Gasteiger partial charge in [0, 0.05) is 25.9 Å². The van der Waals surface area contributed by atoms with Crippen LogP contribution in [0.15, 0.2) is 54.7 Å². The largest absolute Gasteiger partial charge is 0.326 e. The summed E-state index contributed by atoms with van der Waals surface area (Å²) in [5.74, 6) is -0.976. The summed E-state index contributed by atoms with van der Waals surface area (Å²) >= 11 is 0. The van der Waals surface area contributed by atoms with Crippen molar-refractivity contribution in [3.05, 3.63) is 77.0 Å². The Bertz CT molecular complexity index is 1130. The Labute approximate surface area is 168 Å². The van der Waals surface area contributed by atoms with Crippen molar-refractivity contribution in [2.24, 2.45) is 0 Å². The maximum absolute atomic E-state index is 12.6. The maximum atomic E-state index is 12.6. The van der Waals surface area contributed by atoms with Crippen molar-refractivity contribution in [3.63, 3.8) is 0 Å². The van der Waals surface area contributed by atoms with Crippen molar-refractivity contribution in [1.29, 1.82) is 0 Å². The van der Waals surface area contributed by atoms with E-state index in [-0.39, 0.29) is 25.6 Å². The number of nitrogens with zero attached hydrogens (tertiary/aromatic N) is 3. The molecule has 3 amide bonds. The molecule has 2 heterocycles. The SMILES string of the molecule is Cc1cc(CC(=O)Nc2ccc(-c3cccnn3)cc2)c2c(c1)C(=O)N(C)C2=O.[HH]. The fourth-order valence-electron chi connectivity index (χ4n) is 3.42. The number of aromatic nitrogens is 2. The van der Waals surface area contributed by atoms with Crippen LogP contribution < -0.4 is 5.32 Å². The highest BCUT2D eigenvalue weighted by atomic mass is 16.2. The van der Waals surface area contributed by atoms with Gasteiger partial charge in [-0.15, -0.1) is 0 Å². The lowest BCUT2D eigenvalue weighted by Gasteiger charge is -2.10. The van der Waals surface area contributed by atoms with E-state index in [9.17, 15) is 14.4 Å². The van der Waals surface area contributed by atoms with Gasteiger partial charge in [-0.3, -0.25) is 19.3 Å². The first kappa shape index (κ1) is 18.5. The molecule has 7 heteroatoms. The third kappa shape index (κ3) is 3.50. The van der Waals surface area contributed by atoms with Crippen LogP contribution >= 0.6 is 0 Å². The average molecular weight is 388 g/mol. The van der Waals surface area contributed by atoms with Crippen molar-refractivity contribution in [2.45, 2.75) is 13.3 Å². The van der Waals surface area contributed by atoms with E-state index in [0.717, 1.165) is 21.7 Å². The summed E-state index contributed by atoms with van der Waals surface area (Å²) in [6.45, 7) is 1.84. The minimum absolute atomic E-state index is 0. The molecule has 0 radical (unpaired) electrons. The molecular weight excluding hydrogens is 368 g/mol. The molecule has 1 aromatic heterocycles. The van der Waals surface area contributed by atoms with E-state index < -0.39 is 0 Å². The number of hydrogen-bond donors (Lipinski definition) is 1. The van der Waals surface area contributed by atoms with Gasteiger partial charge in [0.05, 0.1) is 23.2 Å². The maximum Gasteiger partial charge on any atom is 0.261 e. The van der Waals surface area contributed by atoms with Crippen LogP contribution in [0.3, 0.4) is 0 Å². The fourth-order valence-corrected chi connectivity index (χ4v) is 3.42. The molecule has 0 fully saturated rings. The van der Waals surface area contributed by atoms with E-state index >= 15 is 0 Å². The molecule has 0 atom stereocenters. The monoisotopic (exact) mass is 388 g/mol. The van der Waals surface area contributed by atoms with Crippen LogP contribution in [0.4, 0.5) is 5.69 Å². The molecule has 0 bridgehead atoms. The van der Waals surface area contributed by atoms with E-state index in [2.05, 4.69) is 15.5 Å². The Morgan fingerprint density at radius 1 is 1.10 bits per heavy atom. The Kier molecular flexibility index (Phi) is 4.64. The fraction of sp³-hybridized carbons (Fsp3) is 0.136. The Morgan fingerprint density at radius 3 is 2.55 bits per heavy atom. The van der Waals surface area contributed by atoms with Gasteiger partial charge in [-0.2, -0.15) is 10.2 Å². The van der Waals surface area contributed by atoms with Gasteiger partial charge in [0.15, 0.2) is 0 Å². The van der Waals surface area contributed by atoms with E-state index in [0.29, 0.717) is 22.4 Å². The minimum Gasteiger partial charge on any atom is -0.326 e. The molecule has 0 spiro atoms. The second-order valence-corrected chi connectivity index (χ2v) is 6.93. The average Bonchev–Trinajstić information content (AvgIpc) is 2.93. The van der Waals surface area contributed by atoms with Crippen molar-refractivity contribution < 1.29 is 15.8 Å². The zero-order valence-corrected chi connectivity index (χ0v) is 16.0. The smallest absolute Gasteiger partial charge is 0.261 e. The zero-order valence-electron chi connectivity index (χ0n) is 16.0. The summed E-state index contributed by atoms with van der Waals surface area (Å²) in [5, 5.41) is 10.7. The highest BCUT2D eigenvalue weighted by Crippen LogP contribution is 2.27. The molecule has 0 saturated carbocycles.